The molecule has 0 saturated heterocycles. The molecule has 1 heterocycles. The third-order valence-corrected chi connectivity index (χ3v) is 5.29. The van der Waals surface area contributed by atoms with E-state index in [4.69, 9.17) is 11.6 Å². The quantitative estimate of drug-likeness (QED) is 0.748. The Morgan fingerprint density at radius 1 is 1.08 bits per heavy atom. The topological polar surface area (TPSA) is 58.2 Å². The Hall–Kier alpha value is -2.59. The molecule has 2 aromatic carbocycles. The first kappa shape index (κ1) is 16.9. The fourth-order valence-electron chi connectivity index (χ4n) is 3.82. The molecule has 1 aliphatic heterocycles. The predicted molar refractivity (Wildman–Crippen MR) is 104 cm³/mol. The molecule has 2 aromatic rings. The van der Waals surface area contributed by atoms with E-state index in [0.29, 0.717) is 28.3 Å². The minimum Gasteiger partial charge on any atom is -0.367 e. The summed E-state index contributed by atoms with van der Waals surface area (Å²) in [6, 6.07) is 14.5. The van der Waals surface area contributed by atoms with Gasteiger partial charge in [0.2, 0.25) is 0 Å². The van der Waals surface area contributed by atoms with Crippen LogP contribution in [0.15, 0.2) is 59.8 Å². The molecule has 4 nitrogen and oxygen atoms in total. The molecule has 132 valence electrons. The van der Waals surface area contributed by atoms with Gasteiger partial charge in [-0.25, -0.2) is 0 Å². The summed E-state index contributed by atoms with van der Waals surface area (Å²) in [6.45, 7) is 1.79. The maximum absolute atomic E-state index is 13.5. The molecule has 2 N–H and O–H groups in total. The lowest BCUT2D eigenvalue weighted by Gasteiger charge is -2.33. The average molecular weight is 367 g/mol. The molecule has 4 rings (SSSR count). The number of carbonyl (C=O) groups excluding carboxylic acids is 2. The molecule has 0 radical (unpaired) electrons. The summed E-state index contributed by atoms with van der Waals surface area (Å²) in [7, 11) is 0. The summed E-state index contributed by atoms with van der Waals surface area (Å²) in [5, 5.41) is 7.26. The molecule has 5 heteroatoms. The van der Waals surface area contributed by atoms with Crippen molar-refractivity contribution in [1.82, 2.24) is 0 Å². The van der Waals surface area contributed by atoms with Crippen molar-refractivity contribution in [3.63, 3.8) is 0 Å². The molecule has 1 unspecified atom stereocenters. The normalized spacial score (nSPS) is 21.8. The highest BCUT2D eigenvalue weighted by molar-refractivity contribution is 6.31. The Morgan fingerprint density at radius 3 is 2.62 bits per heavy atom. The number of nitrogens with one attached hydrogen (secondary N) is 2. The lowest BCUT2D eigenvalue weighted by atomic mass is 9.77. The van der Waals surface area contributed by atoms with Gasteiger partial charge in [-0.05, 0) is 38.0 Å². The highest BCUT2D eigenvalue weighted by Gasteiger charge is 2.45. The van der Waals surface area contributed by atoms with Gasteiger partial charge in [0, 0.05) is 28.3 Å². The standard InChI is InChI=1S/C21H19ClN2O2/c1-21(20(26)13-6-3-2-4-7-13)19-16(8-5-9-18(19)25)23-15-11-10-14(22)12-17(15)24-21/h2-4,6-7,10-12,23-24H,5,8-9H2,1H3. The Morgan fingerprint density at radius 2 is 1.85 bits per heavy atom. The van der Waals surface area contributed by atoms with E-state index in [1.165, 1.54) is 0 Å². The maximum atomic E-state index is 13.5. The molecule has 0 amide bonds. The van der Waals surface area contributed by atoms with E-state index in [0.717, 1.165) is 24.2 Å². The first-order valence-electron chi connectivity index (χ1n) is 8.70. The zero-order valence-electron chi connectivity index (χ0n) is 14.4. The van der Waals surface area contributed by atoms with E-state index in [2.05, 4.69) is 10.6 Å². The van der Waals surface area contributed by atoms with Gasteiger partial charge in [-0.15, -0.1) is 0 Å². The highest BCUT2D eigenvalue weighted by atomic mass is 35.5. The maximum Gasteiger partial charge on any atom is 0.192 e. The zero-order chi connectivity index (χ0) is 18.3. The van der Waals surface area contributed by atoms with Gasteiger partial charge < -0.3 is 10.6 Å². The lowest BCUT2D eigenvalue weighted by Crippen LogP contribution is -2.48. The largest absolute Gasteiger partial charge is 0.367 e. The number of fused-ring (bicyclic) bond motifs is 1. The van der Waals surface area contributed by atoms with Crippen molar-refractivity contribution in [2.75, 3.05) is 10.6 Å². The van der Waals surface area contributed by atoms with Crippen molar-refractivity contribution in [1.29, 1.82) is 0 Å². The number of anilines is 2. The van der Waals surface area contributed by atoms with E-state index in [9.17, 15) is 9.59 Å². The van der Waals surface area contributed by atoms with Crippen LogP contribution < -0.4 is 10.6 Å². The van der Waals surface area contributed by atoms with Crippen LogP contribution in [0.25, 0.3) is 0 Å². The Balaban J connectivity index is 1.91. The average Bonchev–Trinajstić information content (AvgIpc) is 2.76. The second kappa shape index (κ2) is 6.29. The van der Waals surface area contributed by atoms with Crippen molar-refractivity contribution in [2.24, 2.45) is 0 Å². The van der Waals surface area contributed by atoms with Gasteiger partial charge in [0.05, 0.1) is 11.4 Å². The van der Waals surface area contributed by atoms with Crippen LogP contribution >= 0.6 is 11.6 Å². The summed E-state index contributed by atoms with van der Waals surface area (Å²) >= 11 is 6.17. The molecule has 0 spiro atoms. The Bertz CT molecular complexity index is 936. The third-order valence-electron chi connectivity index (χ3n) is 5.05. The Labute approximate surface area is 157 Å². The molecule has 1 atom stereocenters. The van der Waals surface area contributed by atoms with Crippen LogP contribution in [0.2, 0.25) is 5.02 Å². The number of Topliss-reactive ketones (excluding diaryl/α,β-unsaturated/α-hetero) is 2. The number of rotatable bonds is 2. The number of hydrogen-bond donors (Lipinski definition) is 2. The van der Waals surface area contributed by atoms with Crippen LogP contribution in [-0.4, -0.2) is 17.1 Å². The van der Waals surface area contributed by atoms with Crippen LogP contribution in [0.3, 0.4) is 0 Å². The summed E-state index contributed by atoms with van der Waals surface area (Å²) in [5.74, 6) is -0.118. The van der Waals surface area contributed by atoms with Gasteiger partial charge in [-0.3, -0.25) is 9.59 Å². The highest BCUT2D eigenvalue weighted by Crippen LogP contribution is 2.41. The van der Waals surface area contributed by atoms with Crippen molar-refractivity contribution in [3.05, 3.63) is 70.4 Å². The van der Waals surface area contributed by atoms with E-state index in [1.54, 1.807) is 31.2 Å². The molecule has 0 fully saturated rings. The van der Waals surface area contributed by atoms with Crippen LogP contribution in [-0.2, 0) is 4.79 Å². The van der Waals surface area contributed by atoms with Crippen molar-refractivity contribution in [3.8, 4) is 0 Å². The fraction of sp³-hybridized carbons (Fsp3) is 0.238. The van der Waals surface area contributed by atoms with Crippen molar-refractivity contribution in [2.45, 2.75) is 31.7 Å². The number of allylic oxidation sites excluding steroid dienone is 1. The fourth-order valence-corrected chi connectivity index (χ4v) is 3.99. The molecular formula is C21H19ClN2O2. The van der Waals surface area contributed by atoms with Gasteiger partial charge in [0.25, 0.3) is 0 Å². The summed E-state index contributed by atoms with van der Waals surface area (Å²) in [4.78, 5) is 26.3. The number of ketones is 2. The van der Waals surface area contributed by atoms with Crippen LogP contribution in [0.5, 0.6) is 0 Å². The van der Waals surface area contributed by atoms with Crippen LogP contribution in [0.4, 0.5) is 11.4 Å². The number of carbonyl (C=O) groups is 2. The zero-order valence-corrected chi connectivity index (χ0v) is 15.2. The lowest BCUT2D eigenvalue weighted by molar-refractivity contribution is -0.116. The first-order chi connectivity index (χ1) is 12.5. The second-order valence-electron chi connectivity index (χ2n) is 6.89. The van der Waals surface area contributed by atoms with E-state index >= 15 is 0 Å². The first-order valence-corrected chi connectivity index (χ1v) is 9.08. The van der Waals surface area contributed by atoms with Crippen molar-refractivity contribution >= 4 is 34.5 Å². The molecule has 1 aliphatic carbocycles. The summed E-state index contributed by atoms with van der Waals surface area (Å²) < 4.78 is 0. The molecule has 2 aliphatic rings. The predicted octanol–water partition coefficient (Wildman–Crippen LogP) is 4.83. The minimum atomic E-state index is -1.16. The van der Waals surface area contributed by atoms with E-state index < -0.39 is 5.54 Å². The smallest absolute Gasteiger partial charge is 0.192 e. The van der Waals surface area contributed by atoms with Gasteiger partial charge in [-0.2, -0.15) is 0 Å². The summed E-state index contributed by atoms with van der Waals surface area (Å²) in [6.07, 6.45) is 1.97. The Kier molecular flexibility index (Phi) is 4.08. The molecule has 0 bridgehead atoms. The molecule has 0 aromatic heterocycles. The SMILES string of the molecule is CC1(C(=O)c2ccccc2)Nc2cc(Cl)ccc2NC2=C1C(=O)CCC2. The number of halogens is 1. The minimum absolute atomic E-state index is 0.0111. The van der Waals surface area contributed by atoms with Gasteiger partial charge in [0.15, 0.2) is 11.6 Å². The number of hydrogen-bond acceptors (Lipinski definition) is 4. The van der Waals surface area contributed by atoms with Crippen molar-refractivity contribution < 1.29 is 9.59 Å². The molecule has 26 heavy (non-hydrogen) atoms. The monoisotopic (exact) mass is 366 g/mol. The summed E-state index contributed by atoms with van der Waals surface area (Å²) in [5.41, 5.74) is 2.30. The number of benzene rings is 2. The van der Waals surface area contributed by atoms with E-state index in [1.807, 2.05) is 24.3 Å². The molecule has 0 saturated carbocycles. The van der Waals surface area contributed by atoms with Crippen LogP contribution in [0.1, 0.15) is 36.5 Å². The van der Waals surface area contributed by atoms with Crippen LogP contribution in [0, 0.1) is 0 Å². The molecular weight excluding hydrogens is 348 g/mol. The van der Waals surface area contributed by atoms with Gasteiger partial charge in [0.1, 0.15) is 5.54 Å². The third kappa shape index (κ3) is 2.71. The van der Waals surface area contributed by atoms with Gasteiger partial charge >= 0.3 is 0 Å². The second-order valence-corrected chi connectivity index (χ2v) is 7.33. The van der Waals surface area contributed by atoms with Gasteiger partial charge in [-0.1, -0.05) is 41.9 Å². The van der Waals surface area contributed by atoms with E-state index in [-0.39, 0.29) is 11.6 Å².